The molecule has 0 unspecified atom stereocenters. The van der Waals surface area contributed by atoms with Gasteiger partial charge in [0.2, 0.25) is 5.91 Å². The first kappa shape index (κ1) is 14.4. The zero-order valence-corrected chi connectivity index (χ0v) is 10.2. The Labute approximate surface area is 91.2 Å². The highest BCUT2D eigenvalue weighted by Crippen LogP contribution is 2.11. The lowest BCUT2D eigenvalue weighted by molar-refractivity contribution is -0.128. The number of rotatable bonds is 2. The second-order valence-electron chi connectivity index (χ2n) is 4.07. The Morgan fingerprint density at radius 2 is 1.93 bits per heavy atom. The van der Waals surface area contributed by atoms with Gasteiger partial charge in [-0.1, -0.05) is 13.8 Å². The molecule has 1 fully saturated rings. The van der Waals surface area contributed by atoms with Gasteiger partial charge in [0.15, 0.2) is 0 Å². The van der Waals surface area contributed by atoms with E-state index in [-0.39, 0.29) is 0 Å². The van der Waals surface area contributed by atoms with Crippen LogP contribution in [0.25, 0.3) is 0 Å². The molecule has 0 aromatic carbocycles. The van der Waals surface area contributed by atoms with Crippen molar-refractivity contribution in [2.75, 3.05) is 19.3 Å². The minimum absolute atomic E-state index is 0.341. The summed E-state index contributed by atoms with van der Waals surface area (Å²) in [6.45, 7) is 6.22. The summed E-state index contributed by atoms with van der Waals surface area (Å²) in [6.07, 6.45) is 2.55. The molecule has 1 N–H and O–H groups in total. The van der Waals surface area contributed by atoms with Gasteiger partial charge >= 0.3 is 0 Å². The van der Waals surface area contributed by atoms with Crippen LogP contribution in [0.15, 0.2) is 0 Å². The maximum Gasteiger partial charge on any atom is 0.261 e. The van der Waals surface area contributed by atoms with Crippen molar-refractivity contribution in [1.29, 1.82) is 0 Å². The second kappa shape index (κ2) is 6.07. The molecule has 1 amide bonds. The molecule has 0 radical (unpaired) electrons. The summed E-state index contributed by atoms with van der Waals surface area (Å²) in [5.41, 5.74) is 0. The standard InChI is InChI=1S/C8H15NO.CH4O3S/c1-7(2)6-9-5-3-4-8(9)10;1-5(2,3)4/h7H,3-6H2,1-2H3;1H3,(H,2,3,4). The number of carbonyl (C=O) groups is 1. The number of likely N-dealkylation sites (tertiary alicyclic amines) is 1. The fraction of sp³-hybridized carbons (Fsp3) is 0.889. The molecule has 0 bridgehead atoms. The number of nitrogens with zero attached hydrogens (tertiary/aromatic N) is 1. The first-order valence-corrected chi connectivity index (χ1v) is 6.75. The molecule has 1 saturated heterocycles. The van der Waals surface area contributed by atoms with Crippen LogP contribution >= 0.6 is 0 Å². The Morgan fingerprint density at radius 1 is 1.47 bits per heavy atom. The fourth-order valence-corrected chi connectivity index (χ4v) is 1.34. The van der Waals surface area contributed by atoms with E-state index in [1.165, 1.54) is 0 Å². The molecule has 0 aromatic rings. The van der Waals surface area contributed by atoms with Crippen LogP contribution in [0.4, 0.5) is 0 Å². The SMILES string of the molecule is CC(C)CN1CCCC1=O.CS(=O)(=O)O. The molecular formula is C9H19NO4S. The predicted octanol–water partition coefficient (Wildman–Crippen LogP) is 0.769. The lowest BCUT2D eigenvalue weighted by atomic mass is 10.2. The third kappa shape index (κ3) is 9.68. The molecule has 0 spiro atoms. The van der Waals surface area contributed by atoms with Gasteiger partial charge in [0, 0.05) is 19.5 Å². The monoisotopic (exact) mass is 237 g/mol. The molecular weight excluding hydrogens is 218 g/mol. The average Bonchev–Trinajstić information content (AvgIpc) is 2.31. The van der Waals surface area contributed by atoms with Crippen molar-refractivity contribution in [2.24, 2.45) is 5.92 Å². The van der Waals surface area contributed by atoms with Gasteiger partial charge < -0.3 is 4.90 Å². The quantitative estimate of drug-likeness (QED) is 0.720. The van der Waals surface area contributed by atoms with Gasteiger partial charge in [0.1, 0.15) is 0 Å². The van der Waals surface area contributed by atoms with Crippen molar-refractivity contribution in [3.63, 3.8) is 0 Å². The van der Waals surface area contributed by atoms with E-state index in [2.05, 4.69) is 13.8 Å². The lowest BCUT2D eigenvalue weighted by Crippen LogP contribution is -2.28. The van der Waals surface area contributed by atoms with E-state index in [1.54, 1.807) is 0 Å². The van der Waals surface area contributed by atoms with Crippen LogP contribution in [-0.4, -0.2) is 43.1 Å². The van der Waals surface area contributed by atoms with Crippen LogP contribution in [0.5, 0.6) is 0 Å². The van der Waals surface area contributed by atoms with E-state index < -0.39 is 10.1 Å². The highest BCUT2D eigenvalue weighted by molar-refractivity contribution is 7.85. The minimum atomic E-state index is -3.67. The molecule has 5 nitrogen and oxygen atoms in total. The molecule has 0 saturated carbocycles. The highest BCUT2D eigenvalue weighted by atomic mass is 32.2. The summed E-state index contributed by atoms with van der Waals surface area (Å²) in [5, 5.41) is 0. The summed E-state index contributed by atoms with van der Waals surface area (Å²) >= 11 is 0. The summed E-state index contributed by atoms with van der Waals surface area (Å²) in [4.78, 5) is 13.0. The van der Waals surface area contributed by atoms with Crippen LogP contribution in [0.1, 0.15) is 26.7 Å². The van der Waals surface area contributed by atoms with Crippen LogP contribution in [0, 0.1) is 5.92 Å². The van der Waals surface area contributed by atoms with Crippen LogP contribution in [0.2, 0.25) is 0 Å². The smallest absolute Gasteiger partial charge is 0.261 e. The summed E-state index contributed by atoms with van der Waals surface area (Å²) in [6, 6.07) is 0. The Hall–Kier alpha value is -0.620. The van der Waals surface area contributed by atoms with E-state index in [4.69, 9.17) is 4.55 Å². The fourth-order valence-electron chi connectivity index (χ4n) is 1.34. The van der Waals surface area contributed by atoms with Crippen LogP contribution in [0.3, 0.4) is 0 Å². The van der Waals surface area contributed by atoms with Gasteiger partial charge in [-0.25, -0.2) is 0 Å². The van der Waals surface area contributed by atoms with E-state index in [0.717, 1.165) is 25.9 Å². The van der Waals surface area contributed by atoms with Gasteiger partial charge in [-0.3, -0.25) is 9.35 Å². The second-order valence-corrected chi connectivity index (χ2v) is 5.54. The Morgan fingerprint density at radius 3 is 2.20 bits per heavy atom. The molecule has 1 heterocycles. The van der Waals surface area contributed by atoms with Crippen molar-refractivity contribution in [3.05, 3.63) is 0 Å². The number of amides is 1. The van der Waals surface area contributed by atoms with Gasteiger partial charge in [0.25, 0.3) is 10.1 Å². The maximum atomic E-state index is 11.0. The van der Waals surface area contributed by atoms with Gasteiger partial charge in [-0.05, 0) is 12.3 Å². The van der Waals surface area contributed by atoms with Gasteiger partial charge in [0.05, 0.1) is 6.26 Å². The third-order valence-electron chi connectivity index (χ3n) is 1.76. The first-order chi connectivity index (χ1) is 6.70. The zero-order chi connectivity index (χ0) is 12.1. The normalized spacial score (nSPS) is 16.6. The molecule has 6 heteroatoms. The zero-order valence-electron chi connectivity index (χ0n) is 9.43. The molecule has 1 aliphatic heterocycles. The number of hydrogen-bond donors (Lipinski definition) is 1. The number of carbonyl (C=O) groups excluding carboxylic acids is 1. The highest BCUT2D eigenvalue weighted by Gasteiger charge is 2.19. The predicted molar refractivity (Wildman–Crippen MR) is 58.1 cm³/mol. The summed E-state index contributed by atoms with van der Waals surface area (Å²) < 4.78 is 25.9. The third-order valence-corrected chi connectivity index (χ3v) is 1.76. The largest absolute Gasteiger partial charge is 0.342 e. The van der Waals surface area contributed by atoms with E-state index >= 15 is 0 Å². The van der Waals surface area contributed by atoms with E-state index in [1.807, 2.05) is 4.90 Å². The van der Waals surface area contributed by atoms with Crippen molar-refractivity contribution in [2.45, 2.75) is 26.7 Å². The molecule has 0 aliphatic carbocycles. The average molecular weight is 237 g/mol. The Bertz CT molecular complexity index is 289. The molecule has 1 aliphatic rings. The summed E-state index contributed by atoms with van der Waals surface area (Å²) in [7, 11) is -3.67. The van der Waals surface area contributed by atoms with Crippen LogP contribution in [-0.2, 0) is 14.9 Å². The van der Waals surface area contributed by atoms with Crippen molar-refractivity contribution in [1.82, 2.24) is 4.90 Å². The topological polar surface area (TPSA) is 74.7 Å². The van der Waals surface area contributed by atoms with Gasteiger partial charge in [-0.15, -0.1) is 0 Å². The van der Waals surface area contributed by atoms with Crippen LogP contribution < -0.4 is 0 Å². The maximum absolute atomic E-state index is 11.0. The molecule has 90 valence electrons. The minimum Gasteiger partial charge on any atom is -0.342 e. The van der Waals surface area contributed by atoms with E-state index in [9.17, 15) is 13.2 Å². The van der Waals surface area contributed by atoms with Crippen molar-refractivity contribution < 1.29 is 17.8 Å². The van der Waals surface area contributed by atoms with Gasteiger partial charge in [-0.2, -0.15) is 8.42 Å². The number of hydrogen-bond acceptors (Lipinski definition) is 3. The first-order valence-electron chi connectivity index (χ1n) is 4.90. The lowest BCUT2D eigenvalue weighted by Gasteiger charge is -2.17. The molecule has 15 heavy (non-hydrogen) atoms. The molecule has 0 aromatic heterocycles. The molecule has 1 rings (SSSR count). The molecule has 0 atom stereocenters. The van der Waals surface area contributed by atoms with E-state index in [0.29, 0.717) is 18.1 Å². The summed E-state index contributed by atoms with van der Waals surface area (Å²) in [5.74, 6) is 0.954. The van der Waals surface area contributed by atoms with Crippen molar-refractivity contribution in [3.8, 4) is 0 Å². The van der Waals surface area contributed by atoms with Crippen molar-refractivity contribution >= 4 is 16.0 Å². The Kier molecular flexibility index (Phi) is 5.82. The Balaban J connectivity index is 0.000000336.